The predicted molar refractivity (Wildman–Crippen MR) is 98.7 cm³/mol. The number of hydrogen-bond acceptors (Lipinski definition) is 7. The summed E-state index contributed by atoms with van der Waals surface area (Å²) in [6, 6.07) is 2.70. The highest BCUT2D eigenvalue weighted by atomic mass is 16.5. The van der Waals surface area contributed by atoms with E-state index in [0.717, 1.165) is 51.1 Å². The molecule has 0 radical (unpaired) electrons. The Morgan fingerprint density at radius 1 is 1.28 bits per heavy atom. The highest BCUT2D eigenvalue weighted by Gasteiger charge is 2.42. The van der Waals surface area contributed by atoms with Gasteiger partial charge in [-0.15, -0.1) is 0 Å². The lowest BCUT2D eigenvalue weighted by Crippen LogP contribution is -2.58. The van der Waals surface area contributed by atoms with Crippen molar-refractivity contribution >= 4 is 11.8 Å². The number of nitrogens with two attached hydrogens (primary N) is 1. The molecule has 0 amide bonds. The van der Waals surface area contributed by atoms with Crippen LogP contribution in [0.1, 0.15) is 44.9 Å². The van der Waals surface area contributed by atoms with Crippen LogP contribution in [0, 0.1) is 0 Å². The van der Waals surface area contributed by atoms with Crippen molar-refractivity contribution < 1.29 is 4.74 Å². The molecule has 2 saturated carbocycles. The van der Waals surface area contributed by atoms with Gasteiger partial charge in [-0.2, -0.15) is 4.98 Å². The summed E-state index contributed by atoms with van der Waals surface area (Å²) >= 11 is 0. The Labute approximate surface area is 149 Å². The highest BCUT2D eigenvalue weighted by Crippen LogP contribution is 2.37. The lowest BCUT2D eigenvalue weighted by atomic mass is 9.79. The molecular formula is C18H30N6O. The standard InChI is InChI=1S/C18H30N6O/c19-13-2-4-14(5-3-13)23-17-21-9-6-16(24-17)22-11-15-10-20-12-18(25-15)7-1-8-18/h6,9,13-15,20H,1-5,7-8,10-12,19H2,(H2,21,22,23,24). The average Bonchev–Trinajstić information content (AvgIpc) is 2.61. The molecule has 1 aromatic heterocycles. The number of nitrogens with zero attached hydrogens (tertiary/aromatic N) is 2. The second-order valence-electron chi connectivity index (χ2n) is 7.81. The topological polar surface area (TPSA) is 97.1 Å². The third kappa shape index (κ3) is 4.22. The second-order valence-corrected chi connectivity index (χ2v) is 7.81. The van der Waals surface area contributed by atoms with E-state index in [0.29, 0.717) is 18.0 Å². The summed E-state index contributed by atoms with van der Waals surface area (Å²) in [5, 5.41) is 10.4. The molecule has 25 heavy (non-hydrogen) atoms. The summed E-state index contributed by atoms with van der Waals surface area (Å²) in [5.74, 6) is 1.55. The van der Waals surface area contributed by atoms with Crippen molar-refractivity contribution in [3.05, 3.63) is 12.3 Å². The number of morpholine rings is 1. The lowest BCUT2D eigenvalue weighted by Gasteiger charge is -2.47. The zero-order chi connectivity index (χ0) is 17.1. The Balaban J connectivity index is 1.28. The van der Waals surface area contributed by atoms with Gasteiger partial charge >= 0.3 is 0 Å². The molecule has 2 aliphatic carbocycles. The van der Waals surface area contributed by atoms with Gasteiger partial charge in [-0.3, -0.25) is 0 Å². The van der Waals surface area contributed by atoms with E-state index in [1.54, 1.807) is 6.20 Å². The van der Waals surface area contributed by atoms with E-state index in [-0.39, 0.29) is 11.7 Å². The monoisotopic (exact) mass is 346 g/mol. The van der Waals surface area contributed by atoms with E-state index in [2.05, 4.69) is 25.9 Å². The van der Waals surface area contributed by atoms with Crippen LogP contribution in [0.25, 0.3) is 0 Å². The Hall–Kier alpha value is -1.44. The van der Waals surface area contributed by atoms with Gasteiger partial charge < -0.3 is 26.4 Å². The molecule has 3 aliphatic rings. The van der Waals surface area contributed by atoms with Crippen LogP contribution in [0.3, 0.4) is 0 Å². The number of hydrogen-bond donors (Lipinski definition) is 4. The molecule has 3 fully saturated rings. The van der Waals surface area contributed by atoms with Crippen LogP contribution >= 0.6 is 0 Å². The van der Waals surface area contributed by atoms with Gasteiger partial charge in [0.2, 0.25) is 5.95 Å². The molecule has 1 saturated heterocycles. The van der Waals surface area contributed by atoms with Gasteiger partial charge in [0.1, 0.15) is 5.82 Å². The minimum atomic E-state index is 0.102. The molecule has 1 spiro atoms. The third-order valence-corrected chi connectivity index (χ3v) is 5.77. The van der Waals surface area contributed by atoms with Gasteiger partial charge in [-0.1, -0.05) is 0 Å². The van der Waals surface area contributed by atoms with E-state index in [1.807, 2.05) is 6.07 Å². The molecule has 1 unspecified atom stereocenters. The summed E-state index contributed by atoms with van der Waals surface area (Å²) in [5.41, 5.74) is 6.07. The summed E-state index contributed by atoms with van der Waals surface area (Å²) in [7, 11) is 0. The molecule has 0 aromatic carbocycles. The summed E-state index contributed by atoms with van der Waals surface area (Å²) in [6.07, 6.45) is 9.98. The van der Waals surface area contributed by atoms with E-state index >= 15 is 0 Å². The first kappa shape index (κ1) is 17.0. The van der Waals surface area contributed by atoms with Crippen LogP contribution in [-0.4, -0.2) is 53.4 Å². The third-order valence-electron chi connectivity index (χ3n) is 5.77. The average molecular weight is 346 g/mol. The van der Waals surface area contributed by atoms with Crippen LogP contribution < -0.4 is 21.7 Å². The van der Waals surface area contributed by atoms with Crippen molar-refractivity contribution in [2.45, 2.75) is 68.7 Å². The van der Waals surface area contributed by atoms with Gasteiger partial charge in [0.15, 0.2) is 0 Å². The van der Waals surface area contributed by atoms with Crippen LogP contribution in [0.4, 0.5) is 11.8 Å². The van der Waals surface area contributed by atoms with E-state index in [4.69, 9.17) is 10.5 Å². The van der Waals surface area contributed by atoms with Gasteiger partial charge in [-0.25, -0.2) is 4.98 Å². The normalized spacial score (nSPS) is 31.3. The van der Waals surface area contributed by atoms with Crippen LogP contribution in [-0.2, 0) is 4.74 Å². The number of nitrogens with one attached hydrogen (secondary N) is 3. The molecule has 2 heterocycles. The summed E-state index contributed by atoms with van der Waals surface area (Å²) < 4.78 is 6.30. The Morgan fingerprint density at radius 3 is 2.88 bits per heavy atom. The molecule has 7 nitrogen and oxygen atoms in total. The predicted octanol–water partition coefficient (Wildman–Crippen LogP) is 1.48. The molecule has 0 bridgehead atoms. The summed E-state index contributed by atoms with van der Waals surface area (Å²) in [4.78, 5) is 8.96. The van der Waals surface area contributed by atoms with Crippen LogP contribution in [0.15, 0.2) is 12.3 Å². The van der Waals surface area contributed by atoms with Crippen molar-refractivity contribution in [3.63, 3.8) is 0 Å². The largest absolute Gasteiger partial charge is 0.367 e. The van der Waals surface area contributed by atoms with Gasteiger partial charge in [0.05, 0.1) is 11.7 Å². The minimum absolute atomic E-state index is 0.102. The van der Waals surface area contributed by atoms with Gasteiger partial charge in [-0.05, 0) is 51.0 Å². The second kappa shape index (κ2) is 7.43. The zero-order valence-electron chi connectivity index (χ0n) is 14.8. The Morgan fingerprint density at radius 2 is 2.12 bits per heavy atom. The Kier molecular flexibility index (Phi) is 5.05. The fourth-order valence-electron chi connectivity index (χ4n) is 4.07. The first-order valence-electron chi connectivity index (χ1n) is 9.68. The first-order chi connectivity index (χ1) is 12.2. The number of rotatable bonds is 5. The van der Waals surface area contributed by atoms with Crippen molar-refractivity contribution in [1.82, 2.24) is 15.3 Å². The maximum atomic E-state index is 6.30. The number of ether oxygens (including phenoxy) is 1. The molecule has 1 aromatic rings. The maximum absolute atomic E-state index is 6.30. The quantitative estimate of drug-likeness (QED) is 0.641. The number of aromatic nitrogens is 2. The summed E-state index contributed by atoms with van der Waals surface area (Å²) in [6.45, 7) is 2.66. The highest BCUT2D eigenvalue weighted by molar-refractivity contribution is 5.40. The van der Waals surface area contributed by atoms with E-state index in [1.165, 1.54) is 19.3 Å². The molecule has 5 N–H and O–H groups in total. The van der Waals surface area contributed by atoms with Gasteiger partial charge in [0, 0.05) is 37.9 Å². The lowest BCUT2D eigenvalue weighted by molar-refractivity contribution is -0.152. The maximum Gasteiger partial charge on any atom is 0.224 e. The van der Waals surface area contributed by atoms with E-state index < -0.39 is 0 Å². The van der Waals surface area contributed by atoms with Crippen LogP contribution in [0.5, 0.6) is 0 Å². The van der Waals surface area contributed by atoms with Crippen molar-refractivity contribution in [3.8, 4) is 0 Å². The molecule has 7 heteroatoms. The SMILES string of the molecule is NC1CCC(Nc2nccc(NCC3CNCC4(CCC4)O3)n2)CC1. The molecule has 4 rings (SSSR count). The van der Waals surface area contributed by atoms with Gasteiger partial charge in [0.25, 0.3) is 0 Å². The van der Waals surface area contributed by atoms with Crippen molar-refractivity contribution in [2.24, 2.45) is 5.73 Å². The molecule has 1 atom stereocenters. The first-order valence-corrected chi connectivity index (χ1v) is 9.68. The zero-order valence-corrected chi connectivity index (χ0v) is 14.8. The fraction of sp³-hybridized carbons (Fsp3) is 0.778. The van der Waals surface area contributed by atoms with Crippen molar-refractivity contribution in [2.75, 3.05) is 30.3 Å². The minimum Gasteiger partial charge on any atom is -0.367 e. The molecular weight excluding hydrogens is 316 g/mol. The molecule has 138 valence electrons. The fourth-order valence-corrected chi connectivity index (χ4v) is 4.07. The van der Waals surface area contributed by atoms with Crippen LogP contribution in [0.2, 0.25) is 0 Å². The smallest absolute Gasteiger partial charge is 0.224 e. The number of anilines is 2. The molecule has 1 aliphatic heterocycles. The van der Waals surface area contributed by atoms with Crippen molar-refractivity contribution in [1.29, 1.82) is 0 Å². The van der Waals surface area contributed by atoms with E-state index in [9.17, 15) is 0 Å². The Bertz CT molecular complexity index is 570.